The summed E-state index contributed by atoms with van der Waals surface area (Å²) in [5, 5.41) is 1.87. The molecule has 10 heteroatoms. The van der Waals surface area contributed by atoms with Gasteiger partial charge in [-0.2, -0.15) is 5.01 Å². The highest BCUT2D eigenvalue weighted by molar-refractivity contribution is 8.26. The molecular weight excluding hydrogens is 527 g/mol. The molecule has 1 aliphatic rings. The molecule has 1 saturated heterocycles. The summed E-state index contributed by atoms with van der Waals surface area (Å²) in [4.78, 5) is 25.8. The molecule has 0 spiro atoms. The first-order valence-corrected chi connectivity index (χ1v) is 12.2. The van der Waals surface area contributed by atoms with Crippen LogP contribution in [0.4, 0.5) is 0 Å². The minimum atomic E-state index is -0.483. The first-order chi connectivity index (χ1) is 16.9. The number of hydrazine groups is 1. The number of hydrogen-bond donors (Lipinski definition) is 1. The average Bonchev–Trinajstić information content (AvgIpc) is 3.11. The average molecular weight is 545 g/mol. The number of benzene rings is 3. The van der Waals surface area contributed by atoms with Crippen molar-refractivity contribution in [3.8, 4) is 11.5 Å². The number of thiocarbonyl (C=S) groups is 1. The number of rotatable bonds is 7. The van der Waals surface area contributed by atoms with E-state index in [0.29, 0.717) is 44.2 Å². The summed E-state index contributed by atoms with van der Waals surface area (Å²) in [7, 11) is 1.51. The van der Waals surface area contributed by atoms with Gasteiger partial charge in [0.2, 0.25) is 0 Å². The Morgan fingerprint density at radius 1 is 1.11 bits per heavy atom. The fourth-order valence-electron chi connectivity index (χ4n) is 3.18. The highest BCUT2D eigenvalue weighted by atomic mass is 35.5. The SMILES string of the molecule is COc1cc(/C=C2\SC(=S)N(NC(=O)c3ccc(Cl)cc3)C2=O)cc(Cl)c1OCc1ccccc1. The lowest BCUT2D eigenvalue weighted by molar-refractivity contribution is -0.123. The topological polar surface area (TPSA) is 67.9 Å². The fraction of sp³-hybridized carbons (Fsp3) is 0.0800. The molecule has 2 amide bonds. The van der Waals surface area contributed by atoms with E-state index in [1.807, 2.05) is 30.3 Å². The minimum absolute atomic E-state index is 0.199. The zero-order valence-electron chi connectivity index (χ0n) is 18.3. The van der Waals surface area contributed by atoms with E-state index < -0.39 is 11.8 Å². The highest BCUT2D eigenvalue weighted by Gasteiger charge is 2.34. The Kier molecular flexibility index (Phi) is 7.97. The molecule has 1 fully saturated rings. The van der Waals surface area contributed by atoms with Gasteiger partial charge >= 0.3 is 0 Å². The third-order valence-electron chi connectivity index (χ3n) is 4.89. The van der Waals surface area contributed by atoms with Crippen LogP contribution >= 0.6 is 47.2 Å². The monoisotopic (exact) mass is 544 g/mol. The summed E-state index contributed by atoms with van der Waals surface area (Å²) in [5.41, 5.74) is 4.48. The number of methoxy groups -OCH3 is 1. The molecule has 0 saturated carbocycles. The van der Waals surface area contributed by atoms with Gasteiger partial charge < -0.3 is 9.47 Å². The Morgan fingerprint density at radius 2 is 1.83 bits per heavy atom. The summed E-state index contributed by atoms with van der Waals surface area (Å²) in [6, 6.07) is 19.3. The Bertz CT molecular complexity index is 1320. The van der Waals surface area contributed by atoms with Crippen LogP contribution in [0.3, 0.4) is 0 Å². The van der Waals surface area contributed by atoms with Crippen LogP contribution in [0.5, 0.6) is 11.5 Å². The largest absolute Gasteiger partial charge is 0.493 e. The predicted molar refractivity (Wildman–Crippen MR) is 143 cm³/mol. The molecule has 0 atom stereocenters. The van der Waals surface area contributed by atoms with Crippen LogP contribution in [-0.4, -0.2) is 28.3 Å². The summed E-state index contributed by atoms with van der Waals surface area (Å²) >= 11 is 18.7. The van der Waals surface area contributed by atoms with Crippen molar-refractivity contribution in [2.75, 3.05) is 7.11 Å². The first-order valence-electron chi connectivity index (χ1n) is 10.2. The van der Waals surface area contributed by atoms with Crippen molar-refractivity contribution in [2.24, 2.45) is 0 Å². The fourth-order valence-corrected chi connectivity index (χ4v) is 4.75. The zero-order valence-corrected chi connectivity index (χ0v) is 21.4. The molecule has 1 aliphatic heterocycles. The molecule has 3 aromatic rings. The Balaban J connectivity index is 1.51. The molecule has 0 radical (unpaired) electrons. The molecule has 0 aromatic heterocycles. The number of carbonyl (C=O) groups excluding carboxylic acids is 2. The van der Waals surface area contributed by atoms with Crippen LogP contribution in [0.15, 0.2) is 71.6 Å². The summed E-state index contributed by atoms with van der Waals surface area (Å²) in [5.74, 6) is -0.116. The van der Waals surface area contributed by atoms with Gasteiger partial charge in [0.05, 0.1) is 17.0 Å². The van der Waals surface area contributed by atoms with Crippen molar-refractivity contribution in [3.63, 3.8) is 0 Å². The molecule has 3 aromatic carbocycles. The maximum absolute atomic E-state index is 12.9. The van der Waals surface area contributed by atoms with Crippen molar-refractivity contribution in [1.82, 2.24) is 10.4 Å². The molecule has 6 nitrogen and oxygen atoms in total. The second-order valence-corrected chi connectivity index (χ2v) is 9.79. The summed E-state index contributed by atoms with van der Waals surface area (Å²) < 4.78 is 11.5. The third-order valence-corrected chi connectivity index (χ3v) is 6.72. The molecule has 0 aliphatic carbocycles. The predicted octanol–water partition coefficient (Wildman–Crippen LogP) is 6.13. The Labute approximate surface area is 221 Å². The van der Waals surface area contributed by atoms with Crippen LogP contribution in [0.2, 0.25) is 10.0 Å². The van der Waals surface area contributed by atoms with E-state index in [2.05, 4.69) is 5.43 Å². The van der Waals surface area contributed by atoms with Crippen LogP contribution < -0.4 is 14.9 Å². The van der Waals surface area contributed by atoms with Gasteiger partial charge in [-0.1, -0.05) is 65.3 Å². The van der Waals surface area contributed by atoms with Crippen molar-refractivity contribution in [1.29, 1.82) is 0 Å². The lowest BCUT2D eigenvalue weighted by Crippen LogP contribution is -2.44. The smallest absolute Gasteiger partial charge is 0.285 e. The van der Waals surface area contributed by atoms with Crippen molar-refractivity contribution in [3.05, 3.63) is 98.4 Å². The lowest BCUT2D eigenvalue weighted by atomic mass is 10.1. The standard InChI is InChI=1S/C25H18Cl2N2O4S2/c1-32-20-12-16(11-19(27)22(20)33-14-15-5-3-2-4-6-15)13-21-24(31)29(25(34)35-21)28-23(30)17-7-9-18(26)10-8-17/h2-13H,14H2,1H3,(H,28,30)/b21-13-. The van der Waals surface area contributed by atoms with Gasteiger partial charge in [0, 0.05) is 10.6 Å². The van der Waals surface area contributed by atoms with Gasteiger partial charge in [-0.15, -0.1) is 0 Å². The van der Waals surface area contributed by atoms with Crippen molar-refractivity contribution < 1.29 is 19.1 Å². The number of thioether (sulfide) groups is 1. The van der Waals surface area contributed by atoms with Crippen molar-refractivity contribution >= 4 is 69.4 Å². The van der Waals surface area contributed by atoms with Gasteiger partial charge in [-0.25, -0.2) is 0 Å². The van der Waals surface area contributed by atoms with Crippen LogP contribution in [0.25, 0.3) is 6.08 Å². The number of ether oxygens (including phenoxy) is 2. The summed E-state index contributed by atoms with van der Waals surface area (Å²) in [6.07, 6.45) is 1.63. The van der Waals surface area contributed by atoms with E-state index in [1.54, 1.807) is 42.5 Å². The van der Waals surface area contributed by atoms with Crippen LogP contribution in [-0.2, 0) is 11.4 Å². The molecule has 0 bridgehead atoms. The molecule has 0 unspecified atom stereocenters. The van der Waals surface area contributed by atoms with Crippen LogP contribution in [0.1, 0.15) is 21.5 Å². The van der Waals surface area contributed by atoms with E-state index in [0.717, 1.165) is 22.3 Å². The summed E-state index contributed by atoms with van der Waals surface area (Å²) in [6.45, 7) is 0.322. The molecular formula is C25H18Cl2N2O4S2. The van der Waals surface area contributed by atoms with E-state index in [4.69, 9.17) is 44.9 Å². The normalized spacial score (nSPS) is 14.4. The number of hydrogen-bond acceptors (Lipinski definition) is 6. The van der Waals surface area contributed by atoms with Crippen LogP contribution in [0, 0.1) is 0 Å². The highest BCUT2D eigenvalue weighted by Crippen LogP contribution is 2.39. The number of nitrogens with one attached hydrogen (secondary N) is 1. The van der Waals surface area contributed by atoms with E-state index in [1.165, 1.54) is 7.11 Å². The number of nitrogens with zero attached hydrogens (tertiary/aromatic N) is 1. The maximum Gasteiger partial charge on any atom is 0.285 e. The number of carbonyl (C=O) groups is 2. The van der Waals surface area contributed by atoms with Gasteiger partial charge in [0.1, 0.15) is 6.61 Å². The van der Waals surface area contributed by atoms with Gasteiger partial charge in [0.15, 0.2) is 15.8 Å². The second-order valence-electron chi connectivity index (χ2n) is 7.27. The van der Waals surface area contributed by atoms with Gasteiger partial charge in [0.25, 0.3) is 11.8 Å². The Morgan fingerprint density at radius 3 is 2.51 bits per heavy atom. The lowest BCUT2D eigenvalue weighted by Gasteiger charge is -2.15. The van der Waals surface area contributed by atoms with E-state index in [-0.39, 0.29) is 4.32 Å². The van der Waals surface area contributed by atoms with Gasteiger partial charge in [-0.05, 0) is 65.8 Å². The van der Waals surface area contributed by atoms with E-state index in [9.17, 15) is 9.59 Å². The zero-order chi connectivity index (χ0) is 24.9. The second kappa shape index (κ2) is 11.1. The number of halogens is 2. The third kappa shape index (κ3) is 5.97. The quantitative estimate of drug-likeness (QED) is 0.285. The maximum atomic E-state index is 12.9. The molecule has 178 valence electrons. The molecule has 1 heterocycles. The first kappa shape index (κ1) is 25.1. The van der Waals surface area contributed by atoms with Crippen molar-refractivity contribution in [2.45, 2.75) is 6.61 Å². The van der Waals surface area contributed by atoms with E-state index >= 15 is 0 Å². The molecule has 35 heavy (non-hydrogen) atoms. The molecule has 1 N–H and O–H groups in total. The van der Waals surface area contributed by atoms with Gasteiger partial charge in [-0.3, -0.25) is 15.0 Å². The Hall–Kier alpha value is -3.04. The molecule has 4 rings (SSSR count). The minimum Gasteiger partial charge on any atom is -0.493 e. The number of amides is 2.